The maximum atomic E-state index is 14.9. The van der Waals surface area contributed by atoms with Gasteiger partial charge >= 0.3 is 0 Å². The first kappa shape index (κ1) is 20.1. The van der Waals surface area contributed by atoms with Gasteiger partial charge in [-0.15, -0.1) is 0 Å². The lowest BCUT2D eigenvalue weighted by Gasteiger charge is -2.29. The first-order valence-corrected chi connectivity index (χ1v) is 11.2. The number of nitrogens with zero attached hydrogens (tertiary/aromatic N) is 4. The molecule has 2 aliphatic carbocycles. The minimum Gasteiger partial charge on any atom is -0.351 e. The minimum absolute atomic E-state index is 0.246. The molecule has 3 aromatic rings. The number of alkyl halides is 1. The van der Waals surface area contributed by atoms with E-state index in [4.69, 9.17) is 4.98 Å². The predicted octanol–water partition coefficient (Wildman–Crippen LogP) is 5.42. The highest BCUT2D eigenvalue weighted by Crippen LogP contribution is 2.33. The molecule has 31 heavy (non-hydrogen) atoms. The van der Waals surface area contributed by atoms with E-state index in [-0.39, 0.29) is 12.4 Å². The third-order valence-electron chi connectivity index (χ3n) is 6.37. The van der Waals surface area contributed by atoms with Crippen molar-refractivity contribution in [3.8, 4) is 0 Å². The summed E-state index contributed by atoms with van der Waals surface area (Å²) < 4.78 is 31.4. The number of aromatic nitrogens is 4. The van der Waals surface area contributed by atoms with Crippen molar-refractivity contribution in [3.05, 3.63) is 59.1 Å². The SMILES string of the molecule is Cc1cn2cc(C3=CCCCc4nc(NCC5(F)CCCCC5)ncc43)cc(F)c2n1. The van der Waals surface area contributed by atoms with Crippen molar-refractivity contribution in [1.29, 1.82) is 0 Å². The number of pyridine rings is 1. The summed E-state index contributed by atoms with van der Waals surface area (Å²) in [4.78, 5) is 13.4. The van der Waals surface area contributed by atoms with E-state index >= 15 is 0 Å². The molecule has 0 saturated heterocycles. The quantitative estimate of drug-likeness (QED) is 0.608. The Morgan fingerprint density at radius 2 is 1.97 bits per heavy atom. The van der Waals surface area contributed by atoms with Crippen molar-refractivity contribution < 1.29 is 8.78 Å². The topological polar surface area (TPSA) is 55.1 Å². The third kappa shape index (κ3) is 4.05. The Bertz CT molecular complexity index is 1140. The predicted molar refractivity (Wildman–Crippen MR) is 117 cm³/mol. The Kier molecular flexibility index (Phi) is 5.20. The van der Waals surface area contributed by atoms with E-state index in [2.05, 4.69) is 21.4 Å². The van der Waals surface area contributed by atoms with Crippen molar-refractivity contribution in [3.63, 3.8) is 0 Å². The Labute approximate surface area is 180 Å². The van der Waals surface area contributed by atoms with Gasteiger partial charge in [-0.05, 0) is 50.7 Å². The number of allylic oxidation sites excluding steroid dienone is 1. The third-order valence-corrected chi connectivity index (χ3v) is 6.37. The van der Waals surface area contributed by atoms with Crippen LogP contribution >= 0.6 is 0 Å². The normalized spacial score (nSPS) is 18.4. The summed E-state index contributed by atoms with van der Waals surface area (Å²) in [6, 6.07) is 1.53. The van der Waals surface area contributed by atoms with Crippen molar-refractivity contribution in [2.24, 2.45) is 0 Å². The number of anilines is 1. The first-order valence-electron chi connectivity index (χ1n) is 11.2. The fourth-order valence-corrected chi connectivity index (χ4v) is 4.74. The van der Waals surface area contributed by atoms with Crippen LogP contribution < -0.4 is 5.32 Å². The number of imidazole rings is 1. The zero-order chi connectivity index (χ0) is 21.4. The number of aryl methyl sites for hydroxylation is 2. The average Bonchev–Trinajstić information content (AvgIpc) is 3.01. The van der Waals surface area contributed by atoms with Crippen LogP contribution in [-0.4, -0.2) is 31.6 Å². The van der Waals surface area contributed by atoms with Gasteiger partial charge in [-0.1, -0.05) is 25.3 Å². The smallest absolute Gasteiger partial charge is 0.222 e. The molecule has 5 rings (SSSR count). The molecule has 5 nitrogen and oxygen atoms in total. The van der Waals surface area contributed by atoms with Gasteiger partial charge in [0.15, 0.2) is 11.5 Å². The molecule has 3 heterocycles. The lowest BCUT2D eigenvalue weighted by atomic mass is 9.86. The second-order valence-electron chi connectivity index (χ2n) is 8.82. The second kappa shape index (κ2) is 8.02. The van der Waals surface area contributed by atoms with Crippen LogP contribution in [-0.2, 0) is 6.42 Å². The van der Waals surface area contributed by atoms with E-state index in [9.17, 15) is 8.78 Å². The highest BCUT2D eigenvalue weighted by molar-refractivity contribution is 5.81. The zero-order valence-electron chi connectivity index (χ0n) is 17.8. The van der Waals surface area contributed by atoms with Gasteiger partial charge in [-0.2, -0.15) is 0 Å². The largest absolute Gasteiger partial charge is 0.351 e. The molecule has 1 saturated carbocycles. The standard InChI is InChI=1S/C24H27F2N5/c1-16-13-31-14-17(11-20(25)22(31)29-16)18-7-3-4-8-21-19(18)12-27-23(30-21)28-15-24(26)9-5-2-6-10-24/h7,11-14H,2-6,8-10,15H2,1H3,(H,27,28,30). The van der Waals surface area contributed by atoms with Crippen LogP contribution in [0, 0.1) is 12.7 Å². The summed E-state index contributed by atoms with van der Waals surface area (Å²) >= 11 is 0. The molecule has 0 radical (unpaired) electrons. The van der Waals surface area contributed by atoms with Gasteiger partial charge in [0.05, 0.1) is 17.9 Å². The molecule has 7 heteroatoms. The molecular formula is C24H27F2N5. The van der Waals surface area contributed by atoms with E-state index in [1.807, 2.05) is 19.3 Å². The summed E-state index contributed by atoms with van der Waals surface area (Å²) in [5.41, 5.74) is 3.46. The molecule has 0 bridgehead atoms. The van der Waals surface area contributed by atoms with Gasteiger partial charge in [-0.3, -0.25) is 0 Å². The van der Waals surface area contributed by atoms with Crippen LogP contribution in [0.3, 0.4) is 0 Å². The number of hydrogen-bond acceptors (Lipinski definition) is 4. The van der Waals surface area contributed by atoms with Crippen LogP contribution in [0.1, 0.15) is 67.5 Å². The molecule has 0 aliphatic heterocycles. The summed E-state index contributed by atoms with van der Waals surface area (Å²) in [6.45, 7) is 2.10. The highest BCUT2D eigenvalue weighted by atomic mass is 19.1. The van der Waals surface area contributed by atoms with Crippen molar-refractivity contribution in [2.75, 3.05) is 11.9 Å². The molecule has 0 amide bonds. The first-order chi connectivity index (χ1) is 15.0. The van der Waals surface area contributed by atoms with Gasteiger partial charge in [0.25, 0.3) is 0 Å². The second-order valence-corrected chi connectivity index (χ2v) is 8.82. The Morgan fingerprint density at radius 1 is 1.13 bits per heavy atom. The van der Waals surface area contributed by atoms with E-state index < -0.39 is 5.67 Å². The summed E-state index contributed by atoms with van der Waals surface area (Å²) in [6.07, 6.45) is 14.5. The summed E-state index contributed by atoms with van der Waals surface area (Å²) in [5.74, 6) is 0.117. The Morgan fingerprint density at radius 3 is 2.81 bits per heavy atom. The molecule has 162 valence electrons. The zero-order valence-corrected chi connectivity index (χ0v) is 17.8. The van der Waals surface area contributed by atoms with Crippen molar-refractivity contribution in [2.45, 2.75) is 64.0 Å². The number of nitrogens with one attached hydrogen (secondary N) is 1. The van der Waals surface area contributed by atoms with Crippen LogP contribution in [0.15, 0.2) is 30.7 Å². The van der Waals surface area contributed by atoms with E-state index in [0.717, 1.165) is 66.6 Å². The van der Waals surface area contributed by atoms with Crippen LogP contribution in [0.25, 0.3) is 11.2 Å². The summed E-state index contributed by atoms with van der Waals surface area (Å²) in [7, 11) is 0. The van der Waals surface area contributed by atoms with Crippen molar-refractivity contribution >= 4 is 17.2 Å². The highest BCUT2D eigenvalue weighted by Gasteiger charge is 2.31. The molecule has 0 aromatic carbocycles. The molecule has 0 spiro atoms. The van der Waals surface area contributed by atoms with Gasteiger partial charge in [0.1, 0.15) is 5.67 Å². The van der Waals surface area contributed by atoms with Crippen molar-refractivity contribution in [1.82, 2.24) is 19.4 Å². The Hall–Kier alpha value is -2.83. The fraction of sp³-hybridized carbons (Fsp3) is 0.458. The van der Waals surface area contributed by atoms with E-state index in [1.165, 1.54) is 6.07 Å². The van der Waals surface area contributed by atoms with Gasteiger partial charge in [-0.25, -0.2) is 23.7 Å². The molecule has 0 unspecified atom stereocenters. The number of rotatable bonds is 4. The molecule has 3 aromatic heterocycles. The molecule has 1 N–H and O–H groups in total. The molecule has 2 aliphatic rings. The van der Waals surface area contributed by atoms with Gasteiger partial charge in [0.2, 0.25) is 5.95 Å². The molecule has 0 atom stereocenters. The lowest BCUT2D eigenvalue weighted by molar-refractivity contribution is 0.122. The maximum Gasteiger partial charge on any atom is 0.222 e. The molecule has 1 fully saturated rings. The van der Waals surface area contributed by atoms with E-state index in [1.54, 1.807) is 10.6 Å². The fourth-order valence-electron chi connectivity index (χ4n) is 4.74. The lowest BCUT2D eigenvalue weighted by Crippen LogP contribution is -2.34. The number of halogens is 2. The van der Waals surface area contributed by atoms with Crippen LogP contribution in [0.4, 0.5) is 14.7 Å². The Balaban J connectivity index is 1.44. The van der Waals surface area contributed by atoms with E-state index in [0.29, 0.717) is 24.4 Å². The number of fused-ring (bicyclic) bond motifs is 2. The molecular weight excluding hydrogens is 396 g/mol. The van der Waals surface area contributed by atoms with Crippen LogP contribution in [0.2, 0.25) is 0 Å². The monoisotopic (exact) mass is 423 g/mol. The minimum atomic E-state index is -1.17. The van der Waals surface area contributed by atoms with Gasteiger partial charge < -0.3 is 9.72 Å². The van der Waals surface area contributed by atoms with Crippen LogP contribution in [0.5, 0.6) is 0 Å². The average molecular weight is 424 g/mol. The number of hydrogen-bond donors (Lipinski definition) is 1. The maximum absolute atomic E-state index is 14.9. The van der Waals surface area contributed by atoms with Gasteiger partial charge in [0, 0.05) is 29.7 Å². The summed E-state index contributed by atoms with van der Waals surface area (Å²) in [5, 5.41) is 3.13.